The summed E-state index contributed by atoms with van der Waals surface area (Å²) < 4.78 is 15.4. The minimum Gasteiger partial charge on any atom is -0.370 e. The van der Waals surface area contributed by atoms with Gasteiger partial charge in [-0.15, -0.1) is 0 Å². The van der Waals surface area contributed by atoms with Crippen LogP contribution in [0, 0.1) is 11.7 Å². The Bertz CT molecular complexity index is 856. The largest absolute Gasteiger partial charge is 0.370 e. The number of primary amides is 1. The summed E-state index contributed by atoms with van der Waals surface area (Å²) in [6, 6.07) is 5.81. The molecule has 3 N–H and O–H groups in total. The van der Waals surface area contributed by atoms with Crippen molar-refractivity contribution in [2.75, 3.05) is 0 Å². The zero-order valence-electron chi connectivity index (χ0n) is 14.9. The molecule has 1 fully saturated rings. The maximum absolute atomic E-state index is 15.4. The van der Waals surface area contributed by atoms with Crippen LogP contribution in [0.4, 0.5) is 4.39 Å². The van der Waals surface area contributed by atoms with Crippen molar-refractivity contribution in [1.82, 2.24) is 10.3 Å². The number of amides is 1. The fourth-order valence-corrected chi connectivity index (χ4v) is 3.47. The quantitative estimate of drug-likeness (QED) is 0.677. The summed E-state index contributed by atoms with van der Waals surface area (Å²) in [6.45, 7) is 1.83. The summed E-state index contributed by atoms with van der Waals surface area (Å²) >= 11 is 6.16. The van der Waals surface area contributed by atoms with Gasteiger partial charge in [0.15, 0.2) is 5.78 Å². The molecule has 7 heteroatoms. The SMILES string of the molecule is C[C@@H](CC(N)=O)N[C@@H](c1ccc(Cl)c(C(=O)c2cccnc2)c1F)C1CC1. The van der Waals surface area contributed by atoms with E-state index in [9.17, 15) is 9.59 Å². The number of aromatic nitrogens is 1. The molecule has 27 heavy (non-hydrogen) atoms. The molecule has 0 bridgehead atoms. The molecular formula is C20H21ClFN3O2. The molecule has 0 spiro atoms. The number of rotatable bonds is 8. The van der Waals surface area contributed by atoms with E-state index in [4.69, 9.17) is 17.3 Å². The third-order valence-electron chi connectivity index (χ3n) is 4.67. The van der Waals surface area contributed by atoms with E-state index < -0.39 is 17.5 Å². The fourth-order valence-electron chi connectivity index (χ4n) is 3.23. The van der Waals surface area contributed by atoms with Crippen LogP contribution in [0.3, 0.4) is 0 Å². The van der Waals surface area contributed by atoms with Crippen molar-refractivity contribution in [1.29, 1.82) is 0 Å². The number of carbonyl (C=O) groups is 2. The zero-order valence-corrected chi connectivity index (χ0v) is 15.7. The van der Waals surface area contributed by atoms with Gasteiger partial charge in [0, 0.05) is 42.0 Å². The predicted octanol–water partition coefficient (Wildman–Crippen LogP) is 3.41. The van der Waals surface area contributed by atoms with Crippen molar-refractivity contribution >= 4 is 23.3 Å². The molecule has 1 saturated carbocycles. The lowest BCUT2D eigenvalue weighted by molar-refractivity contribution is -0.118. The Labute approximate surface area is 162 Å². The lowest BCUT2D eigenvalue weighted by Gasteiger charge is -2.24. The van der Waals surface area contributed by atoms with Gasteiger partial charge < -0.3 is 11.1 Å². The lowest BCUT2D eigenvalue weighted by Crippen LogP contribution is -2.35. The topological polar surface area (TPSA) is 85.1 Å². The Balaban J connectivity index is 1.95. The number of nitrogens with two attached hydrogens (primary N) is 1. The molecule has 5 nitrogen and oxygen atoms in total. The molecule has 1 aromatic heterocycles. The molecule has 1 amide bonds. The first-order valence-corrected chi connectivity index (χ1v) is 9.23. The Morgan fingerprint density at radius 2 is 2.11 bits per heavy atom. The van der Waals surface area contributed by atoms with Crippen molar-refractivity contribution in [3.8, 4) is 0 Å². The normalized spacial score (nSPS) is 16.0. The minimum atomic E-state index is -0.632. The number of pyridine rings is 1. The monoisotopic (exact) mass is 389 g/mol. The van der Waals surface area contributed by atoms with Crippen LogP contribution in [0.5, 0.6) is 0 Å². The Morgan fingerprint density at radius 1 is 1.37 bits per heavy atom. The first kappa shape index (κ1) is 19.5. The molecule has 1 aliphatic rings. The summed E-state index contributed by atoms with van der Waals surface area (Å²) in [7, 11) is 0. The van der Waals surface area contributed by atoms with E-state index in [1.165, 1.54) is 6.20 Å². The molecule has 2 atom stereocenters. The summed E-state index contributed by atoms with van der Waals surface area (Å²) in [5.74, 6) is -1.31. The van der Waals surface area contributed by atoms with Gasteiger partial charge in [-0.1, -0.05) is 17.7 Å². The van der Waals surface area contributed by atoms with Gasteiger partial charge in [0.25, 0.3) is 0 Å². The van der Waals surface area contributed by atoms with E-state index in [0.29, 0.717) is 5.56 Å². The highest BCUT2D eigenvalue weighted by Gasteiger charge is 2.36. The maximum atomic E-state index is 15.4. The van der Waals surface area contributed by atoms with E-state index in [2.05, 4.69) is 10.3 Å². The van der Waals surface area contributed by atoms with Crippen LogP contribution >= 0.6 is 11.6 Å². The summed E-state index contributed by atoms with van der Waals surface area (Å²) in [5.41, 5.74) is 5.75. The average Bonchev–Trinajstić information content (AvgIpc) is 3.45. The molecule has 0 saturated heterocycles. The van der Waals surface area contributed by atoms with Crippen LogP contribution < -0.4 is 11.1 Å². The summed E-state index contributed by atoms with van der Waals surface area (Å²) in [6.07, 6.45) is 4.98. The van der Waals surface area contributed by atoms with E-state index in [-0.39, 0.29) is 40.6 Å². The second-order valence-electron chi connectivity index (χ2n) is 6.95. The highest BCUT2D eigenvalue weighted by Crippen LogP contribution is 2.43. The van der Waals surface area contributed by atoms with Crippen molar-refractivity contribution in [3.63, 3.8) is 0 Å². The third-order valence-corrected chi connectivity index (χ3v) is 4.99. The van der Waals surface area contributed by atoms with Crippen LogP contribution in [-0.2, 0) is 4.79 Å². The smallest absolute Gasteiger partial charge is 0.218 e. The van der Waals surface area contributed by atoms with E-state index in [1.54, 1.807) is 30.5 Å². The number of nitrogens with one attached hydrogen (secondary N) is 1. The van der Waals surface area contributed by atoms with Gasteiger partial charge in [0.05, 0.1) is 10.6 Å². The van der Waals surface area contributed by atoms with Crippen molar-refractivity contribution in [3.05, 3.63) is 64.2 Å². The van der Waals surface area contributed by atoms with Gasteiger partial charge >= 0.3 is 0 Å². The number of carbonyl (C=O) groups excluding carboxylic acids is 2. The highest BCUT2D eigenvalue weighted by atomic mass is 35.5. The molecular weight excluding hydrogens is 369 g/mol. The van der Waals surface area contributed by atoms with Gasteiger partial charge in [0.2, 0.25) is 5.91 Å². The van der Waals surface area contributed by atoms with Gasteiger partial charge in [-0.2, -0.15) is 0 Å². The lowest BCUT2D eigenvalue weighted by atomic mass is 9.95. The van der Waals surface area contributed by atoms with Crippen LogP contribution in [-0.4, -0.2) is 22.7 Å². The third kappa shape index (κ3) is 4.51. The van der Waals surface area contributed by atoms with E-state index in [1.807, 2.05) is 6.92 Å². The molecule has 0 radical (unpaired) electrons. The second-order valence-corrected chi connectivity index (χ2v) is 7.36. The zero-order chi connectivity index (χ0) is 19.6. The first-order valence-electron chi connectivity index (χ1n) is 8.85. The molecule has 142 valence electrons. The summed E-state index contributed by atoms with van der Waals surface area (Å²) in [4.78, 5) is 27.8. The molecule has 0 unspecified atom stereocenters. The van der Waals surface area contributed by atoms with Crippen molar-refractivity contribution in [2.45, 2.75) is 38.3 Å². The molecule has 1 aromatic carbocycles. The number of halogens is 2. The Kier molecular flexibility index (Phi) is 5.87. The second kappa shape index (κ2) is 8.15. The minimum absolute atomic E-state index is 0.0600. The summed E-state index contributed by atoms with van der Waals surface area (Å²) in [5, 5.41) is 3.35. The van der Waals surface area contributed by atoms with E-state index in [0.717, 1.165) is 12.8 Å². The number of ketones is 1. The fraction of sp³-hybridized carbons (Fsp3) is 0.350. The van der Waals surface area contributed by atoms with E-state index >= 15 is 4.39 Å². The Morgan fingerprint density at radius 3 is 2.70 bits per heavy atom. The molecule has 2 aromatic rings. The number of hydrogen-bond donors (Lipinski definition) is 2. The van der Waals surface area contributed by atoms with Gasteiger partial charge in [-0.05, 0) is 43.9 Å². The van der Waals surface area contributed by atoms with Crippen LogP contribution in [0.15, 0.2) is 36.7 Å². The van der Waals surface area contributed by atoms with Crippen LogP contribution in [0.2, 0.25) is 5.02 Å². The van der Waals surface area contributed by atoms with Crippen LogP contribution in [0.25, 0.3) is 0 Å². The number of hydrogen-bond acceptors (Lipinski definition) is 4. The first-order chi connectivity index (χ1) is 12.9. The number of nitrogens with zero attached hydrogens (tertiary/aromatic N) is 1. The average molecular weight is 390 g/mol. The molecule has 1 heterocycles. The Hall–Kier alpha value is -2.31. The van der Waals surface area contributed by atoms with Crippen LogP contribution in [0.1, 0.15) is 53.7 Å². The number of benzene rings is 1. The van der Waals surface area contributed by atoms with Crippen molar-refractivity contribution in [2.24, 2.45) is 11.7 Å². The van der Waals surface area contributed by atoms with Crippen molar-refractivity contribution < 1.29 is 14.0 Å². The van der Waals surface area contributed by atoms with Gasteiger partial charge in [0.1, 0.15) is 5.82 Å². The maximum Gasteiger partial charge on any atom is 0.218 e. The standard InChI is InChI=1S/C20H21ClFN3O2/c1-11(9-16(23)26)25-19(12-4-5-12)14-6-7-15(21)17(18(14)22)20(27)13-3-2-8-24-10-13/h2-3,6-8,10-12,19,25H,4-5,9H2,1H3,(H2,23,26)/t11-,19+/m0/s1. The highest BCUT2D eigenvalue weighted by molar-refractivity contribution is 6.35. The predicted molar refractivity (Wildman–Crippen MR) is 101 cm³/mol. The van der Waals surface area contributed by atoms with Gasteiger partial charge in [-0.3, -0.25) is 14.6 Å². The molecule has 1 aliphatic carbocycles. The van der Waals surface area contributed by atoms with Gasteiger partial charge in [-0.25, -0.2) is 4.39 Å². The molecule has 3 rings (SSSR count). The molecule has 0 aliphatic heterocycles.